The molecule has 3 rings (SSSR count). The lowest BCUT2D eigenvalue weighted by Crippen LogP contribution is -2.22. The number of nitro benzene ring substituents is 1. The van der Waals surface area contributed by atoms with Crippen molar-refractivity contribution < 1.29 is 9.72 Å². The monoisotopic (exact) mass is 450 g/mol. The van der Waals surface area contributed by atoms with Gasteiger partial charge in [-0.1, -0.05) is 67.2 Å². The van der Waals surface area contributed by atoms with Crippen molar-refractivity contribution in [1.82, 2.24) is 20.2 Å². The molecular formula is C22H22N6O3S. The Morgan fingerprint density at radius 2 is 2.03 bits per heavy atom. The fourth-order valence-electron chi connectivity index (χ4n) is 2.93. The van der Waals surface area contributed by atoms with Gasteiger partial charge in [0.2, 0.25) is 0 Å². The van der Waals surface area contributed by atoms with Crippen molar-refractivity contribution >= 4 is 29.1 Å². The number of hydrogen-bond acceptors (Lipinski definition) is 7. The van der Waals surface area contributed by atoms with E-state index < -0.39 is 4.92 Å². The Morgan fingerprint density at radius 3 is 2.72 bits per heavy atom. The largest absolute Gasteiger partial charge is 0.298 e. The quantitative estimate of drug-likeness (QED) is 0.164. The van der Waals surface area contributed by atoms with Gasteiger partial charge in [0.15, 0.2) is 11.0 Å². The Morgan fingerprint density at radius 1 is 1.25 bits per heavy atom. The minimum atomic E-state index is -0.460. The number of hydrogen-bond donors (Lipinski definition) is 1. The molecule has 0 saturated heterocycles. The number of nitrogens with one attached hydrogen (secondary N) is 1. The number of rotatable bonds is 10. The van der Waals surface area contributed by atoms with E-state index in [1.807, 2.05) is 37.3 Å². The second-order valence-electron chi connectivity index (χ2n) is 6.61. The van der Waals surface area contributed by atoms with E-state index in [9.17, 15) is 14.9 Å². The molecule has 2 aromatic carbocycles. The highest BCUT2D eigenvalue weighted by molar-refractivity contribution is 7.99. The molecule has 32 heavy (non-hydrogen) atoms. The summed E-state index contributed by atoms with van der Waals surface area (Å²) >= 11 is 1.20. The Balaban J connectivity index is 1.72. The Bertz CT molecular complexity index is 1140. The number of hydrazone groups is 1. The predicted molar refractivity (Wildman–Crippen MR) is 124 cm³/mol. The lowest BCUT2D eigenvalue weighted by molar-refractivity contribution is -0.384. The number of nitrogens with zero attached hydrogens (tertiary/aromatic N) is 5. The Hall–Kier alpha value is -3.79. The smallest absolute Gasteiger partial charge is 0.270 e. The standard InChI is InChI=1S/C22H22N6O3S/c1-3-13-27-21(17-11-8-12-18(14-17)28(30)31)25-26-22(27)32-15-20(29)24-23-19(4-2)16-9-6-5-7-10-16/h3,5-12,14H,1,4,13,15H2,2H3,(H,24,29)/b23-19-. The molecule has 1 amide bonds. The van der Waals surface area contributed by atoms with Crippen LogP contribution in [0.15, 0.2) is 77.5 Å². The average Bonchev–Trinajstić information content (AvgIpc) is 3.21. The first-order chi connectivity index (χ1) is 15.5. The summed E-state index contributed by atoms with van der Waals surface area (Å²) in [4.78, 5) is 23.0. The molecule has 0 saturated carbocycles. The molecule has 1 N–H and O–H groups in total. The number of carbonyl (C=O) groups is 1. The number of amides is 1. The van der Waals surface area contributed by atoms with Crippen LogP contribution in [0.25, 0.3) is 11.4 Å². The minimum Gasteiger partial charge on any atom is -0.298 e. The van der Waals surface area contributed by atoms with Gasteiger partial charge in [0.05, 0.1) is 16.4 Å². The van der Waals surface area contributed by atoms with Gasteiger partial charge in [0.25, 0.3) is 11.6 Å². The lowest BCUT2D eigenvalue weighted by Gasteiger charge is -2.08. The Kier molecular flexibility index (Phi) is 7.87. The van der Waals surface area contributed by atoms with Crippen LogP contribution >= 0.6 is 11.8 Å². The number of allylic oxidation sites excluding steroid dienone is 1. The van der Waals surface area contributed by atoms with E-state index in [1.54, 1.807) is 22.8 Å². The highest BCUT2D eigenvalue weighted by atomic mass is 32.2. The van der Waals surface area contributed by atoms with Crippen molar-refractivity contribution in [2.45, 2.75) is 25.0 Å². The van der Waals surface area contributed by atoms with Gasteiger partial charge in [0.1, 0.15) is 0 Å². The highest BCUT2D eigenvalue weighted by Crippen LogP contribution is 2.26. The van der Waals surface area contributed by atoms with E-state index >= 15 is 0 Å². The second-order valence-corrected chi connectivity index (χ2v) is 7.56. The number of non-ortho nitro benzene ring substituents is 1. The normalized spacial score (nSPS) is 11.2. The van der Waals surface area contributed by atoms with Crippen LogP contribution in [0, 0.1) is 10.1 Å². The van der Waals surface area contributed by atoms with E-state index in [4.69, 9.17) is 0 Å². The van der Waals surface area contributed by atoms with Gasteiger partial charge in [-0.15, -0.1) is 16.8 Å². The van der Waals surface area contributed by atoms with E-state index in [2.05, 4.69) is 27.3 Å². The van der Waals surface area contributed by atoms with E-state index in [1.165, 1.54) is 23.9 Å². The third-order valence-corrected chi connectivity index (χ3v) is 5.40. The molecule has 0 unspecified atom stereocenters. The van der Waals surface area contributed by atoms with E-state index in [0.29, 0.717) is 29.5 Å². The highest BCUT2D eigenvalue weighted by Gasteiger charge is 2.17. The van der Waals surface area contributed by atoms with Crippen molar-refractivity contribution in [3.63, 3.8) is 0 Å². The zero-order chi connectivity index (χ0) is 22.9. The van der Waals surface area contributed by atoms with Crippen LogP contribution in [0.4, 0.5) is 5.69 Å². The molecule has 0 aliphatic heterocycles. The molecule has 1 aromatic heterocycles. The van der Waals surface area contributed by atoms with Crippen LogP contribution in [0.2, 0.25) is 0 Å². The summed E-state index contributed by atoms with van der Waals surface area (Å²) in [5.74, 6) is 0.272. The lowest BCUT2D eigenvalue weighted by atomic mass is 10.1. The number of carbonyl (C=O) groups excluding carboxylic acids is 1. The van der Waals surface area contributed by atoms with Gasteiger partial charge >= 0.3 is 0 Å². The molecular weight excluding hydrogens is 428 g/mol. The molecule has 0 aliphatic carbocycles. The van der Waals surface area contributed by atoms with Crippen LogP contribution < -0.4 is 5.43 Å². The van der Waals surface area contributed by atoms with Gasteiger partial charge in [-0.25, -0.2) is 5.43 Å². The molecule has 3 aromatic rings. The van der Waals surface area contributed by atoms with Gasteiger partial charge < -0.3 is 0 Å². The first-order valence-corrected chi connectivity index (χ1v) is 10.8. The molecule has 10 heteroatoms. The SMILES string of the molecule is C=CCn1c(SCC(=O)N/N=C(/CC)c2ccccc2)nnc1-c1cccc([N+](=O)[O-])c1. The molecule has 0 bridgehead atoms. The zero-order valence-electron chi connectivity index (χ0n) is 17.5. The van der Waals surface area contributed by atoms with Gasteiger partial charge in [0, 0.05) is 24.2 Å². The molecule has 0 atom stereocenters. The number of aromatic nitrogens is 3. The fraction of sp³-hybridized carbons (Fsp3) is 0.182. The van der Waals surface area contributed by atoms with Crippen LogP contribution in [0.3, 0.4) is 0 Å². The summed E-state index contributed by atoms with van der Waals surface area (Å²) in [6.07, 6.45) is 2.35. The molecule has 0 radical (unpaired) electrons. The molecule has 164 valence electrons. The van der Waals surface area contributed by atoms with Crippen molar-refractivity contribution in [3.8, 4) is 11.4 Å². The minimum absolute atomic E-state index is 0.0350. The zero-order valence-corrected chi connectivity index (χ0v) is 18.3. The van der Waals surface area contributed by atoms with Crippen LogP contribution in [-0.4, -0.2) is 37.1 Å². The van der Waals surface area contributed by atoms with Crippen molar-refractivity contribution in [1.29, 1.82) is 0 Å². The molecule has 0 aliphatic rings. The van der Waals surface area contributed by atoms with Crippen LogP contribution in [0.1, 0.15) is 18.9 Å². The molecule has 0 fully saturated rings. The maximum absolute atomic E-state index is 12.3. The van der Waals surface area contributed by atoms with E-state index in [-0.39, 0.29) is 17.3 Å². The summed E-state index contributed by atoms with van der Waals surface area (Å²) in [7, 11) is 0. The summed E-state index contributed by atoms with van der Waals surface area (Å²) in [6.45, 7) is 6.11. The van der Waals surface area contributed by atoms with Gasteiger partial charge in [-0.3, -0.25) is 19.5 Å². The predicted octanol–water partition coefficient (Wildman–Crippen LogP) is 4.06. The van der Waals surface area contributed by atoms with Crippen molar-refractivity contribution in [2.24, 2.45) is 5.10 Å². The van der Waals surface area contributed by atoms with E-state index in [0.717, 1.165) is 11.3 Å². The summed E-state index contributed by atoms with van der Waals surface area (Å²) in [6, 6.07) is 15.8. The van der Waals surface area contributed by atoms with Crippen LogP contribution in [0.5, 0.6) is 0 Å². The molecule has 0 spiro atoms. The molecule has 9 nitrogen and oxygen atoms in total. The third-order valence-electron chi connectivity index (χ3n) is 4.43. The topological polar surface area (TPSA) is 115 Å². The maximum Gasteiger partial charge on any atom is 0.270 e. The van der Waals surface area contributed by atoms with Gasteiger partial charge in [-0.2, -0.15) is 5.10 Å². The Labute approximate surface area is 189 Å². The maximum atomic E-state index is 12.3. The summed E-state index contributed by atoms with van der Waals surface area (Å²) in [5, 5.41) is 24.2. The number of thioether (sulfide) groups is 1. The first-order valence-electron chi connectivity index (χ1n) is 9.86. The third kappa shape index (κ3) is 5.67. The first kappa shape index (κ1) is 22.9. The molecule has 1 heterocycles. The van der Waals surface area contributed by atoms with Gasteiger partial charge in [-0.05, 0) is 12.0 Å². The number of nitro groups is 1. The fourth-order valence-corrected chi connectivity index (χ4v) is 3.67. The number of benzene rings is 2. The summed E-state index contributed by atoms with van der Waals surface area (Å²) in [5.41, 5.74) is 4.85. The van der Waals surface area contributed by atoms with Crippen LogP contribution in [-0.2, 0) is 11.3 Å². The van der Waals surface area contributed by atoms with Crippen molar-refractivity contribution in [3.05, 3.63) is 82.9 Å². The average molecular weight is 451 g/mol. The summed E-state index contributed by atoms with van der Waals surface area (Å²) < 4.78 is 1.76. The van der Waals surface area contributed by atoms with Crippen molar-refractivity contribution in [2.75, 3.05) is 5.75 Å². The second kappa shape index (κ2) is 11.0.